The Kier molecular flexibility index (Phi) is 2.25. The third-order valence-corrected chi connectivity index (χ3v) is 3.78. The summed E-state index contributed by atoms with van der Waals surface area (Å²) in [5.41, 5.74) is 0.607. The molecule has 1 saturated carbocycles. The third kappa shape index (κ3) is 1.63. The molecule has 0 amide bonds. The highest BCUT2D eigenvalue weighted by Crippen LogP contribution is 2.50. The molecule has 1 spiro atoms. The molecule has 0 radical (unpaired) electrons. The lowest BCUT2D eigenvalue weighted by molar-refractivity contribution is 0.296. The van der Waals surface area contributed by atoms with Crippen molar-refractivity contribution in [2.24, 2.45) is 0 Å². The van der Waals surface area contributed by atoms with Gasteiger partial charge in [0.1, 0.15) is 11.6 Å². The lowest BCUT2D eigenvalue weighted by atomic mass is 9.98. The van der Waals surface area contributed by atoms with Gasteiger partial charge in [-0.2, -0.15) is 0 Å². The minimum Gasteiger partial charge on any atom is -0.366 e. The molecule has 1 aliphatic heterocycles. The van der Waals surface area contributed by atoms with Crippen LogP contribution in [0.3, 0.4) is 0 Å². The first kappa shape index (κ1) is 10.2. The molecule has 0 bridgehead atoms. The lowest BCUT2D eigenvalue weighted by Crippen LogP contribution is -2.11. The fourth-order valence-electron chi connectivity index (χ4n) is 2.78. The zero-order chi connectivity index (χ0) is 11.2. The van der Waals surface area contributed by atoms with Crippen molar-refractivity contribution in [1.82, 2.24) is 0 Å². The summed E-state index contributed by atoms with van der Waals surface area (Å²) in [7, 11) is 0. The predicted molar refractivity (Wildman–Crippen MR) is 56.1 cm³/mol. The molecule has 2 fully saturated rings. The summed E-state index contributed by atoms with van der Waals surface area (Å²) in [5.74, 6) is -0.975. The monoisotopic (exact) mass is 224 g/mol. The summed E-state index contributed by atoms with van der Waals surface area (Å²) >= 11 is 0. The van der Waals surface area contributed by atoms with Gasteiger partial charge in [-0.1, -0.05) is 18.9 Å². The molecule has 1 saturated heterocycles. The zero-order valence-electron chi connectivity index (χ0n) is 9.01. The van der Waals surface area contributed by atoms with Crippen LogP contribution in [0.1, 0.15) is 31.2 Å². The van der Waals surface area contributed by atoms with Crippen molar-refractivity contribution in [1.29, 1.82) is 0 Å². The first-order valence-corrected chi connectivity index (χ1v) is 5.81. The normalized spacial score (nSPS) is 26.2. The number of ether oxygens (including phenoxy) is 1. The van der Waals surface area contributed by atoms with Gasteiger partial charge < -0.3 is 4.74 Å². The Morgan fingerprint density at radius 2 is 2.00 bits per heavy atom. The zero-order valence-corrected chi connectivity index (χ0v) is 9.01. The highest BCUT2D eigenvalue weighted by molar-refractivity contribution is 5.22. The van der Waals surface area contributed by atoms with Crippen LogP contribution in [0.2, 0.25) is 0 Å². The predicted octanol–water partition coefficient (Wildman–Crippen LogP) is 3.22. The number of halogens is 2. The van der Waals surface area contributed by atoms with E-state index in [0.717, 1.165) is 18.9 Å². The van der Waals surface area contributed by atoms with Gasteiger partial charge in [-0.3, -0.25) is 0 Å². The molecule has 0 aromatic heterocycles. The minimum atomic E-state index is -0.520. The van der Waals surface area contributed by atoms with Gasteiger partial charge in [0.2, 0.25) is 0 Å². The molecule has 86 valence electrons. The van der Waals surface area contributed by atoms with E-state index in [1.165, 1.54) is 25.0 Å². The van der Waals surface area contributed by atoms with Crippen LogP contribution in [0.15, 0.2) is 18.2 Å². The molecule has 3 rings (SSSR count). The van der Waals surface area contributed by atoms with Crippen molar-refractivity contribution >= 4 is 0 Å². The molecule has 2 aliphatic rings. The van der Waals surface area contributed by atoms with Gasteiger partial charge in [0.15, 0.2) is 0 Å². The van der Waals surface area contributed by atoms with E-state index in [1.807, 2.05) is 0 Å². The Hall–Kier alpha value is -0.960. The summed E-state index contributed by atoms with van der Waals surface area (Å²) in [6.45, 7) is 0. The van der Waals surface area contributed by atoms with Crippen molar-refractivity contribution in [3.63, 3.8) is 0 Å². The van der Waals surface area contributed by atoms with E-state index in [9.17, 15) is 8.78 Å². The smallest absolute Gasteiger partial charge is 0.129 e. The van der Waals surface area contributed by atoms with Gasteiger partial charge >= 0.3 is 0 Å². The van der Waals surface area contributed by atoms with Crippen molar-refractivity contribution in [2.45, 2.75) is 43.8 Å². The number of rotatable bonds is 2. The van der Waals surface area contributed by atoms with Crippen molar-refractivity contribution < 1.29 is 13.5 Å². The van der Waals surface area contributed by atoms with E-state index in [0.29, 0.717) is 12.0 Å². The van der Waals surface area contributed by atoms with Crippen LogP contribution in [-0.4, -0.2) is 11.7 Å². The van der Waals surface area contributed by atoms with Crippen LogP contribution >= 0.6 is 0 Å². The van der Waals surface area contributed by atoms with Crippen LogP contribution in [0, 0.1) is 11.6 Å². The fraction of sp³-hybridized carbons (Fsp3) is 0.538. The lowest BCUT2D eigenvalue weighted by Gasteiger charge is -2.03. The average Bonchev–Trinajstić information content (AvgIpc) is 2.69. The second-order valence-corrected chi connectivity index (χ2v) is 4.82. The first-order valence-electron chi connectivity index (χ1n) is 5.81. The van der Waals surface area contributed by atoms with Crippen LogP contribution in [0.4, 0.5) is 8.78 Å². The summed E-state index contributed by atoms with van der Waals surface area (Å²) in [4.78, 5) is 0. The number of epoxide rings is 1. The maximum atomic E-state index is 13.4. The second kappa shape index (κ2) is 3.52. The van der Waals surface area contributed by atoms with Gasteiger partial charge in [-0.05, 0) is 24.5 Å². The van der Waals surface area contributed by atoms with E-state index in [-0.39, 0.29) is 11.7 Å². The van der Waals surface area contributed by atoms with Gasteiger partial charge in [-0.15, -0.1) is 0 Å². The molecule has 1 unspecified atom stereocenters. The molecule has 1 aliphatic carbocycles. The van der Waals surface area contributed by atoms with E-state index in [1.54, 1.807) is 0 Å². The van der Waals surface area contributed by atoms with Crippen LogP contribution in [0.25, 0.3) is 0 Å². The van der Waals surface area contributed by atoms with Gasteiger partial charge in [0.25, 0.3) is 0 Å². The molecule has 1 aromatic rings. The SMILES string of the molecule is Fc1ccc(CC2OC23CCCC3)c(F)c1. The minimum absolute atomic E-state index is 0.0425. The van der Waals surface area contributed by atoms with Crippen molar-refractivity contribution in [3.05, 3.63) is 35.4 Å². The number of benzene rings is 1. The third-order valence-electron chi connectivity index (χ3n) is 3.78. The fourth-order valence-corrected chi connectivity index (χ4v) is 2.78. The molecule has 1 aromatic carbocycles. The Bertz CT molecular complexity index is 410. The average molecular weight is 224 g/mol. The van der Waals surface area contributed by atoms with Gasteiger partial charge in [-0.25, -0.2) is 8.78 Å². The second-order valence-electron chi connectivity index (χ2n) is 4.82. The van der Waals surface area contributed by atoms with Gasteiger partial charge in [0, 0.05) is 12.5 Å². The first-order chi connectivity index (χ1) is 7.70. The van der Waals surface area contributed by atoms with Crippen LogP contribution in [-0.2, 0) is 11.2 Å². The largest absolute Gasteiger partial charge is 0.366 e. The molecule has 1 heterocycles. The van der Waals surface area contributed by atoms with Crippen LogP contribution < -0.4 is 0 Å². The summed E-state index contributed by atoms with van der Waals surface area (Å²) < 4.78 is 31.8. The highest BCUT2D eigenvalue weighted by Gasteiger charge is 2.56. The molecule has 16 heavy (non-hydrogen) atoms. The van der Waals surface area contributed by atoms with E-state index >= 15 is 0 Å². The molecular weight excluding hydrogens is 210 g/mol. The maximum Gasteiger partial charge on any atom is 0.129 e. The Morgan fingerprint density at radius 1 is 1.25 bits per heavy atom. The topological polar surface area (TPSA) is 12.5 Å². The standard InChI is InChI=1S/C13H14F2O/c14-10-4-3-9(11(15)8-10)7-12-13(16-12)5-1-2-6-13/h3-4,8,12H,1-2,5-7H2. The van der Waals surface area contributed by atoms with Crippen molar-refractivity contribution in [3.8, 4) is 0 Å². The van der Waals surface area contributed by atoms with Gasteiger partial charge in [0.05, 0.1) is 11.7 Å². The highest BCUT2D eigenvalue weighted by atomic mass is 19.1. The summed E-state index contributed by atoms with van der Waals surface area (Å²) in [6, 6.07) is 3.77. The number of hydrogen-bond donors (Lipinski definition) is 0. The molecule has 3 heteroatoms. The molecular formula is C13H14F2O. The van der Waals surface area contributed by atoms with E-state index in [4.69, 9.17) is 4.74 Å². The Labute approximate surface area is 93.4 Å². The molecule has 0 N–H and O–H groups in total. The Balaban J connectivity index is 1.71. The summed E-state index contributed by atoms with van der Waals surface area (Å²) in [6.07, 6.45) is 5.34. The maximum absolute atomic E-state index is 13.4. The Morgan fingerprint density at radius 3 is 2.69 bits per heavy atom. The summed E-state index contributed by atoms with van der Waals surface area (Å²) in [5, 5.41) is 0. The van der Waals surface area contributed by atoms with Crippen molar-refractivity contribution in [2.75, 3.05) is 0 Å². The molecule has 1 nitrogen and oxygen atoms in total. The van der Waals surface area contributed by atoms with E-state index in [2.05, 4.69) is 0 Å². The van der Waals surface area contributed by atoms with Crippen LogP contribution in [0.5, 0.6) is 0 Å². The van der Waals surface area contributed by atoms with E-state index < -0.39 is 11.6 Å². The molecule has 1 atom stereocenters. The quantitative estimate of drug-likeness (QED) is 0.703. The number of hydrogen-bond acceptors (Lipinski definition) is 1.